The van der Waals surface area contributed by atoms with Crippen LogP contribution < -0.4 is 11.2 Å². The molecule has 1 aliphatic heterocycles. The molecule has 1 aromatic heterocycles. The van der Waals surface area contributed by atoms with Crippen molar-refractivity contribution in [3.8, 4) is 0 Å². The Bertz CT molecular complexity index is 520. The molecule has 7 heteroatoms. The summed E-state index contributed by atoms with van der Waals surface area (Å²) < 4.78 is 6.19. The van der Waals surface area contributed by atoms with Crippen LogP contribution in [0.25, 0.3) is 0 Å². The number of aliphatic hydroxyl groups excluding tert-OH is 2. The van der Waals surface area contributed by atoms with Crippen LogP contribution in [0.3, 0.4) is 0 Å². The molecule has 17 heavy (non-hydrogen) atoms. The van der Waals surface area contributed by atoms with Gasteiger partial charge in [0, 0.05) is 18.2 Å². The molecule has 94 valence electrons. The molecule has 0 bridgehead atoms. The Morgan fingerprint density at radius 1 is 1.59 bits per heavy atom. The van der Waals surface area contributed by atoms with E-state index in [1.54, 1.807) is 6.92 Å². The Balaban J connectivity index is 2.40. The average Bonchev–Trinajstić information content (AvgIpc) is 2.65. The summed E-state index contributed by atoms with van der Waals surface area (Å²) in [5.41, 5.74) is -0.656. The molecule has 0 saturated carbocycles. The Kier molecular flexibility index (Phi) is 3.14. The van der Waals surface area contributed by atoms with E-state index in [2.05, 4.69) is 4.98 Å². The Labute approximate surface area is 96.3 Å². The quantitative estimate of drug-likeness (QED) is 0.584. The van der Waals surface area contributed by atoms with Crippen LogP contribution in [-0.2, 0) is 4.74 Å². The summed E-state index contributed by atoms with van der Waals surface area (Å²) in [4.78, 5) is 25.8. The topological polar surface area (TPSA) is 105 Å². The highest BCUT2D eigenvalue weighted by atomic mass is 16.5. The highest BCUT2D eigenvalue weighted by molar-refractivity contribution is 5.02. The predicted octanol–water partition coefficient (Wildman–Crippen LogP) is -1.51. The third-order valence-corrected chi connectivity index (χ3v) is 2.86. The maximum absolute atomic E-state index is 11.8. The summed E-state index contributed by atoms with van der Waals surface area (Å²) in [5, 5.41) is 18.5. The smallest absolute Gasteiger partial charge is 0.330 e. The van der Waals surface area contributed by atoms with E-state index in [0.717, 1.165) is 4.57 Å². The molecule has 0 radical (unpaired) electrons. The first-order valence-corrected chi connectivity index (χ1v) is 5.29. The first-order valence-electron chi connectivity index (χ1n) is 5.29. The van der Waals surface area contributed by atoms with Crippen LogP contribution in [0.5, 0.6) is 0 Å². The van der Waals surface area contributed by atoms with E-state index in [-0.39, 0.29) is 13.0 Å². The molecule has 2 rings (SSSR count). The van der Waals surface area contributed by atoms with Gasteiger partial charge in [-0.3, -0.25) is 4.79 Å². The summed E-state index contributed by atoms with van der Waals surface area (Å²) in [6.07, 6.45) is -1.03. The maximum Gasteiger partial charge on any atom is 0.330 e. The minimum absolute atomic E-state index is 0.109. The largest absolute Gasteiger partial charge is 0.394 e. The van der Waals surface area contributed by atoms with E-state index in [9.17, 15) is 14.7 Å². The average molecular weight is 242 g/mol. The van der Waals surface area contributed by atoms with Gasteiger partial charge in [-0.2, -0.15) is 0 Å². The van der Waals surface area contributed by atoms with Crippen LogP contribution in [-0.4, -0.2) is 38.6 Å². The van der Waals surface area contributed by atoms with Gasteiger partial charge >= 0.3 is 5.69 Å². The van der Waals surface area contributed by atoms with E-state index < -0.39 is 29.7 Å². The molecule has 2 heterocycles. The molecule has 0 spiro atoms. The molecule has 1 aliphatic rings. The number of aliphatic hydroxyl groups is 2. The first kappa shape index (κ1) is 12.0. The van der Waals surface area contributed by atoms with Gasteiger partial charge in [0.15, 0.2) is 0 Å². The zero-order valence-corrected chi connectivity index (χ0v) is 9.29. The van der Waals surface area contributed by atoms with Gasteiger partial charge in [0.2, 0.25) is 0 Å². The second kappa shape index (κ2) is 4.44. The Morgan fingerprint density at radius 3 is 2.88 bits per heavy atom. The third kappa shape index (κ3) is 2.04. The molecule has 0 aromatic carbocycles. The fourth-order valence-electron chi connectivity index (χ4n) is 1.88. The van der Waals surface area contributed by atoms with E-state index in [0.29, 0.717) is 5.56 Å². The highest BCUT2D eigenvalue weighted by Gasteiger charge is 2.35. The van der Waals surface area contributed by atoms with Gasteiger partial charge in [0.25, 0.3) is 5.56 Å². The molecule has 3 atom stereocenters. The minimum Gasteiger partial charge on any atom is -0.394 e. The van der Waals surface area contributed by atoms with Gasteiger partial charge in [-0.05, 0) is 6.92 Å². The van der Waals surface area contributed by atoms with Gasteiger partial charge in [0.1, 0.15) is 12.3 Å². The maximum atomic E-state index is 11.8. The van der Waals surface area contributed by atoms with Crippen LogP contribution in [0, 0.1) is 6.92 Å². The van der Waals surface area contributed by atoms with Crippen molar-refractivity contribution in [1.29, 1.82) is 0 Å². The van der Waals surface area contributed by atoms with Gasteiger partial charge < -0.3 is 19.9 Å². The fraction of sp³-hybridized carbons (Fsp3) is 0.600. The lowest BCUT2D eigenvalue weighted by Gasteiger charge is -2.13. The van der Waals surface area contributed by atoms with Crippen molar-refractivity contribution in [2.45, 2.75) is 31.8 Å². The van der Waals surface area contributed by atoms with Gasteiger partial charge in [0.05, 0.1) is 12.7 Å². The Hall–Kier alpha value is -1.44. The number of aromatic amines is 1. The van der Waals surface area contributed by atoms with Crippen molar-refractivity contribution >= 4 is 0 Å². The predicted molar refractivity (Wildman–Crippen MR) is 57.7 cm³/mol. The van der Waals surface area contributed by atoms with Crippen molar-refractivity contribution in [3.63, 3.8) is 0 Å². The molecule has 7 nitrogen and oxygen atoms in total. The molecule has 1 fully saturated rings. The molecular formula is C10H14N2O5. The van der Waals surface area contributed by atoms with Crippen LogP contribution >= 0.6 is 0 Å². The lowest BCUT2D eigenvalue weighted by Crippen LogP contribution is -2.39. The number of nitrogens with zero attached hydrogens (tertiary/aromatic N) is 1. The van der Waals surface area contributed by atoms with E-state index >= 15 is 0 Å². The van der Waals surface area contributed by atoms with Crippen LogP contribution in [0.4, 0.5) is 0 Å². The van der Waals surface area contributed by atoms with E-state index in [4.69, 9.17) is 9.84 Å². The van der Waals surface area contributed by atoms with Gasteiger partial charge in [-0.25, -0.2) is 9.36 Å². The number of ether oxygens (including phenoxy) is 1. The van der Waals surface area contributed by atoms with Crippen molar-refractivity contribution in [3.05, 3.63) is 32.6 Å². The molecule has 3 N–H and O–H groups in total. The summed E-state index contributed by atoms with van der Waals surface area (Å²) in [5.74, 6) is 0. The number of hydrogen-bond donors (Lipinski definition) is 3. The van der Waals surface area contributed by atoms with Gasteiger partial charge in [-0.15, -0.1) is 0 Å². The molecule has 1 unspecified atom stereocenters. The number of aryl methyl sites for hydroxylation is 1. The number of rotatable bonds is 2. The summed E-state index contributed by atoms with van der Waals surface area (Å²) in [6, 6.07) is 0. The second-order valence-corrected chi connectivity index (χ2v) is 4.07. The van der Waals surface area contributed by atoms with Crippen molar-refractivity contribution in [1.82, 2.24) is 9.55 Å². The number of nitrogens with one attached hydrogen (secondary N) is 1. The normalized spacial score (nSPS) is 28.5. The van der Waals surface area contributed by atoms with Crippen LogP contribution in [0.15, 0.2) is 15.8 Å². The van der Waals surface area contributed by atoms with Gasteiger partial charge in [-0.1, -0.05) is 0 Å². The summed E-state index contributed by atoms with van der Waals surface area (Å²) >= 11 is 0. The number of hydrogen-bond acceptors (Lipinski definition) is 5. The Morgan fingerprint density at radius 2 is 2.29 bits per heavy atom. The molecule has 1 saturated heterocycles. The third-order valence-electron chi connectivity index (χ3n) is 2.86. The first-order chi connectivity index (χ1) is 8.04. The molecular weight excluding hydrogens is 228 g/mol. The van der Waals surface area contributed by atoms with Crippen LogP contribution in [0.2, 0.25) is 0 Å². The van der Waals surface area contributed by atoms with Crippen molar-refractivity contribution in [2.24, 2.45) is 0 Å². The molecule has 0 amide bonds. The lowest BCUT2D eigenvalue weighted by molar-refractivity contribution is -0.0469. The molecule has 1 aromatic rings. The van der Waals surface area contributed by atoms with Crippen LogP contribution in [0.1, 0.15) is 18.2 Å². The van der Waals surface area contributed by atoms with E-state index in [1.807, 2.05) is 0 Å². The number of aromatic nitrogens is 2. The zero-order chi connectivity index (χ0) is 12.6. The van der Waals surface area contributed by atoms with E-state index in [1.165, 1.54) is 6.20 Å². The fourth-order valence-corrected chi connectivity index (χ4v) is 1.88. The minimum atomic E-state index is -0.878. The second-order valence-electron chi connectivity index (χ2n) is 4.07. The SMILES string of the molecule is Cc1c[nH]c(=O)n([C@H]2CC(O)[C@@H](CO)O2)c1=O. The highest BCUT2D eigenvalue weighted by Crippen LogP contribution is 2.26. The lowest BCUT2D eigenvalue weighted by atomic mass is 10.2. The number of H-pyrrole nitrogens is 1. The summed E-state index contributed by atoms with van der Waals surface area (Å²) in [6.45, 7) is 1.22. The molecule has 0 aliphatic carbocycles. The van der Waals surface area contributed by atoms with Crippen molar-refractivity contribution in [2.75, 3.05) is 6.61 Å². The monoisotopic (exact) mass is 242 g/mol. The standard InChI is InChI=1S/C10H14N2O5/c1-5-3-11-10(16)12(9(5)15)8-2-6(14)7(4-13)17-8/h3,6-8,13-14H,2,4H2,1H3,(H,11,16)/t6?,7-,8-/m1/s1. The van der Waals surface area contributed by atoms with Crippen molar-refractivity contribution < 1.29 is 14.9 Å². The summed E-state index contributed by atoms with van der Waals surface area (Å²) in [7, 11) is 0. The zero-order valence-electron chi connectivity index (χ0n) is 9.29.